The summed E-state index contributed by atoms with van der Waals surface area (Å²) < 4.78 is 7.94. The zero-order chi connectivity index (χ0) is 24.5. The number of fused-ring (bicyclic) bond motifs is 1. The topological polar surface area (TPSA) is 72.3 Å². The highest BCUT2D eigenvalue weighted by Gasteiger charge is 2.20. The van der Waals surface area contributed by atoms with Crippen molar-refractivity contribution in [3.8, 4) is 22.6 Å². The van der Waals surface area contributed by atoms with Gasteiger partial charge in [0, 0.05) is 31.3 Å². The molecule has 0 saturated carbocycles. The first-order valence-corrected chi connectivity index (χ1v) is 12.0. The molecule has 1 atom stereocenters. The molecule has 7 nitrogen and oxygen atoms in total. The maximum atomic E-state index is 12.9. The zero-order valence-electron chi connectivity index (χ0n) is 20.7. The Kier molecular flexibility index (Phi) is 6.26. The van der Waals surface area contributed by atoms with E-state index in [1.165, 1.54) is 0 Å². The highest BCUT2D eigenvalue weighted by atomic mass is 16.5. The Morgan fingerprint density at radius 2 is 1.89 bits per heavy atom. The summed E-state index contributed by atoms with van der Waals surface area (Å²) in [5.41, 5.74) is 6.45. The van der Waals surface area contributed by atoms with E-state index in [2.05, 4.69) is 33.4 Å². The normalized spacial score (nSPS) is 16.4. The number of carbonyl (C=O) groups is 1. The van der Waals surface area contributed by atoms with E-state index >= 15 is 0 Å². The number of pyridine rings is 1. The number of hydrogen-bond acceptors (Lipinski definition) is 5. The van der Waals surface area contributed by atoms with E-state index in [1.54, 1.807) is 6.20 Å². The van der Waals surface area contributed by atoms with Gasteiger partial charge in [0.05, 0.1) is 17.4 Å². The first-order valence-electron chi connectivity index (χ1n) is 12.0. The number of aryl methyl sites for hydroxylation is 3. The van der Waals surface area contributed by atoms with Crippen LogP contribution in [-0.4, -0.2) is 51.8 Å². The maximum Gasteiger partial charge on any atom is 0.251 e. The van der Waals surface area contributed by atoms with Crippen molar-refractivity contribution in [3.63, 3.8) is 0 Å². The standard InChI is InChI=1S/C28H31N5O2/c1-18-13-21(10-11-25(18)28(34)30-22-8-6-12-32(3)17-22)20-7-5-9-23(14-20)35-24-15-26-27(29-16-24)19(2)31-33(26)4/h5,7,9-11,13-16,22H,6,8,12,17H2,1-4H3,(H,30,34)/t22-/m1/s1. The molecule has 2 aromatic heterocycles. The second-order valence-electron chi connectivity index (χ2n) is 9.48. The summed E-state index contributed by atoms with van der Waals surface area (Å²) in [5, 5.41) is 7.63. The highest BCUT2D eigenvalue weighted by Crippen LogP contribution is 2.30. The second-order valence-corrected chi connectivity index (χ2v) is 9.48. The Labute approximate surface area is 205 Å². The molecule has 1 saturated heterocycles. The van der Waals surface area contributed by atoms with Crippen molar-refractivity contribution in [1.82, 2.24) is 25.0 Å². The summed E-state index contributed by atoms with van der Waals surface area (Å²) in [5.74, 6) is 1.39. The quantitative estimate of drug-likeness (QED) is 0.452. The summed E-state index contributed by atoms with van der Waals surface area (Å²) in [6.45, 7) is 5.93. The number of likely N-dealkylation sites (N-methyl/N-ethyl adjacent to an activating group) is 1. The molecular formula is C28H31N5O2. The Hall–Kier alpha value is -3.71. The Morgan fingerprint density at radius 3 is 2.69 bits per heavy atom. The summed E-state index contributed by atoms with van der Waals surface area (Å²) in [4.78, 5) is 19.7. The van der Waals surface area contributed by atoms with E-state index in [1.807, 2.05) is 68.0 Å². The third-order valence-electron chi connectivity index (χ3n) is 6.67. The predicted octanol–water partition coefficient (Wildman–Crippen LogP) is 4.87. The average molecular weight is 470 g/mol. The fraction of sp³-hybridized carbons (Fsp3) is 0.321. The molecule has 1 aliphatic rings. The van der Waals surface area contributed by atoms with Crippen LogP contribution in [0.2, 0.25) is 0 Å². The summed E-state index contributed by atoms with van der Waals surface area (Å²) in [6.07, 6.45) is 3.87. The molecule has 35 heavy (non-hydrogen) atoms. The number of ether oxygens (including phenoxy) is 1. The van der Waals surface area contributed by atoms with E-state index in [-0.39, 0.29) is 11.9 Å². The van der Waals surface area contributed by atoms with Crippen LogP contribution in [-0.2, 0) is 7.05 Å². The Balaban J connectivity index is 1.33. The molecule has 180 valence electrons. The lowest BCUT2D eigenvalue weighted by atomic mass is 9.98. The molecule has 0 spiro atoms. The van der Waals surface area contributed by atoms with Gasteiger partial charge in [-0.25, -0.2) is 4.98 Å². The van der Waals surface area contributed by atoms with Gasteiger partial charge < -0.3 is 15.0 Å². The van der Waals surface area contributed by atoms with Crippen molar-refractivity contribution in [2.75, 3.05) is 20.1 Å². The van der Waals surface area contributed by atoms with E-state index < -0.39 is 0 Å². The van der Waals surface area contributed by atoms with Crippen molar-refractivity contribution in [2.45, 2.75) is 32.7 Å². The van der Waals surface area contributed by atoms with Gasteiger partial charge in [0.2, 0.25) is 0 Å². The molecule has 1 aliphatic heterocycles. The van der Waals surface area contributed by atoms with Crippen molar-refractivity contribution in [2.24, 2.45) is 7.05 Å². The molecule has 0 radical (unpaired) electrons. The number of hydrogen-bond donors (Lipinski definition) is 1. The van der Waals surface area contributed by atoms with Crippen molar-refractivity contribution >= 4 is 16.9 Å². The van der Waals surface area contributed by atoms with Gasteiger partial charge in [0.25, 0.3) is 5.91 Å². The summed E-state index contributed by atoms with van der Waals surface area (Å²) in [6, 6.07) is 16.1. The molecule has 1 N–H and O–H groups in total. The number of aromatic nitrogens is 3. The minimum absolute atomic E-state index is 0.000252. The Morgan fingerprint density at radius 1 is 1.06 bits per heavy atom. The molecule has 0 unspecified atom stereocenters. The first-order chi connectivity index (χ1) is 16.9. The molecule has 7 heteroatoms. The molecule has 3 heterocycles. The summed E-state index contributed by atoms with van der Waals surface area (Å²) in [7, 11) is 4.01. The number of nitrogens with one attached hydrogen (secondary N) is 1. The SMILES string of the molecule is Cc1cc(-c2cccc(Oc3cnc4c(C)nn(C)c4c3)c2)ccc1C(=O)N[C@@H]1CCCN(C)C1. The first kappa shape index (κ1) is 23.1. The minimum atomic E-state index is -0.000252. The van der Waals surface area contributed by atoms with Crippen LogP contribution in [0.25, 0.3) is 22.2 Å². The lowest BCUT2D eigenvalue weighted by molar-refractivity contribution is 0.0912. The van der Waals surface area contributed by atoms with Crippen molar-refractivity contribution < 1.29 is 9.53 Å². The van der Waals surface area contributed by atoms with Gasteiger partial charge in [0.1, 0.15) is 17.0 Å². The van der Waals surface area contributed by atoms with Gasteiger partial charge in [-0.3, -0.25) is 9.48 Å². The largest absolute Gasteiger partial charge is 0.456 e. The van der Waals surface area contributed by atoms with Crippen molar-refractivity contribution in [1.29, 1.82) is 0 Å². The fourth-order valence-electron chi connectivity index (χ4n) is 4.86. The average Bonchev–Trinajstić information content (AvgIpc) is 3.12. The van der Waals surface area contributed by atoms with E-state index in [4.69, 9.17) is 4.74 Å². The van der Waals surface area contributed by atoms with Crippen LogP contribution in [0.4, 0.5) is 0 Å². The second kappa shape index (κ2) is 9.50. The van der Waals surface area contributed by atoms with Gasteiger partial charge in [-0.05, 0) is 75.2 Å². The lowest BCUT2D eigenvalue weighted by Gasteiger charge is -2.30. The van der Waals surface area contributed by atoms with Gasteiger partial charge in [-0.15, -0.1) is 0 Å². The van der Waals surface area contributed by atoms with Gasteiger partial charge in [0.15, 0.2) is 0 Å². The van der Waals surface area contributed by atoms with Gasteiger partial charge >= 0.3 is 0 Å². The van der Waals surface area contributed by atoms with Crippen molar-refractivity contribution in [3.05, 3.63) is 71.5 Å². The predicted molar refractivity (Wildman–Crippen MR) is 138 cm³/mol. The molecule has 5 rings (SSSR count). The van der Waals surface area contributed by atoms with E-state index in [0.717, 1.165) is 70.7 Å². The Bertz CT molecular complexity index is 1390. The summed E-state index contributed by atoms with van der Waals surface area (Å²) >= 11 is 0. The van der Waals surface area contributed by atoms with Gasteiger partial charge in [-0.1, -0.05) is 24.3 Å². The smallest absolute Gasteiger partial charge is 0.251 e. The van der Waals surface area contributed by atoms with Crippen LogP contribution in [0.5, 0.6) is 11.5 Å². The maximum absolute atomic E-state index is 12.9. The van der Waals surface area contributed by atoms with Crippen LogP contribution >= 0.6 is 0 Å². The van der Waals surface area contributed by atoms with Gasteiger partial charge in [-0.2, -0.15) is 5.10 Å². The number of carbonyl (C=O) groups excluding carboxylic acids is 1. The number of likely N-dealkylation sites (tertiary alicyclic amines) is 1. The molecular weight excluding hydrogens is 438 g/mol. The zero-order valence-corrected chi connectivity index (χ0v) is 20.7. The number of piperidine rings is 1. The van der Waals surface area contributed by atoms with Crippen LogP contribution in [0.1, 0.15) is 34.5 Å². The molecule has 0 aliphatic carbocycles. The molecule has 1 fully saturated rings. The molecule has 2 aromatic carbocycles. The minimum Gasteiger partial charge on any atom is -0.456 e. The number of rotatable bonds is 5. The third kappa shape index (κ3) is 4.91. The van der Waals surface area contributed by atoms with Crippen LogP contribution in [0.3, 0.4) is 0 Å². The van der Waals surface area contributed by atoms with E-state index in [0.29, 0.717) is 5.75 Å². The lowest BCUT2D eigenvalue weighted by Crippen LogP contribution is -2.46. The van der Waals surface area contributed by atoms with Crippen LogP contribution < -0.4 is 10.1 Å². The van der Waals surface area contributed by atoms with Crippen LogP contribution in [0, 0.1) is 13.8 Å². The van der Waals surface area contributed by atoms with E-state index in [9.17, 15) is 4.79 Å². The molecule has 1 amide bonds. The molecule has 0 bridgehead atoms. The highest BCUT2D eigenvalue weighted by molar-refractivity contribution is 5.96. The fourth-order valence-corrected chi connectivity index (χ4v) is 4.86. The third-order valence-corrected chi connectivity index (χ3v) is 6.67. The van der Waals surface area contributed by atoms with Crippen LogP contribution in [0.15, 0.2) is 54.7 Å². The monoisotopic (exact) mass is 469 g/mol. The molecule has 4 aromatic rings. The number of nitrogens with zero attached hydrogens (tertiary/aromatic N) is 4. The number of benzene rings is 2. The number of amides is 1.